The molecule has 0 bridgehead atoms. The monoisotopic (exact) mass is 277 g/mol. The van der Waals surface area contributed by atoms with Crippen molar-refractivity contribution in [1.29, 1.82) is 0 Å². The highest BCUT2D eigenvalue weighted by Gasteiger charge is 2.32. The molecule has 1 unspecified atom stereocenters. The number of rotatable bonds is 6. The molecule has 2 aromatic rings. The third-order valence-electron chi connectivity index (χ3n) is 3.38. The van der Waals surface area contributed by atoms with E-state index in [1.54, 1.807) is 11.3 Å². The van der Waals surface area contributed by atoms with Crippen LogP contribution in [0.4, 0.5) is 0 Å². The smallest absolute Gasteiger partial charge is 0.171 e. The second-order valence-electron chi connectivity index (χ2n) is 4.69. The Morgan fingerprint density at radius 3 is 2.74 bits per heavy atom. The number of para-hydroxylation sites is 1. The van der Waals surface area contributed by atoms with Gasteiger partial charge in [-0.2, -0.15) is 0 Å². The van der Waals surface area contributed by atoms with Crippen molar-refractivity contribution >= 4 is 27.3 Å². The standard InChI is InChI=1S/C15H19NO2S/c1-4-15(3,18-5-2)13(17)10-14-16-11-8-6-7-9-12(11)19-14/h6-9H,4-5,10H2,1-3H3. The average molecular weight is 277 g/mol. The first kappa shape index (κ1) is 14.2. The first-order valence-corrected chi connectivity index (χ1v) is 7.42. The van der Waals surface area contributed by atoms with E-state index in [1.165, 1.54) is 0 Å². The van der Waals surface area contributed by atoms with Crippen molar-refractivity contribution in [3.8, 4) is 0 Å². The molecule has 0 N–H and O–H groups in total. The van der Waals surface area contributed by atoms with Gasteiger partial charge in [-0.1, -0.05) is 19.1 Å². The van der Waals surface area contributed by atoms with Crippen LogP contribution in [0.2, 0.25) is 0 Å². The zero-order valence-electron chi connectivity index (χ0n) is 11.6. The summed E-state index contributed by atoms with van der Waals surface area (Å²) < 4.78 is 6.74. The molecule has 0 saturated heterocycles. The molecule has 1 aromatic carbocycles. The zero-order chi connectivity index (χ0) is 13.9. The molecule has 102 valence electrons. The van der Waals surface area contributed by atoms with Crippen molar-refractivity contribution < 1.29 is 9.53 Å². The maximum Gasteiger partial charge on any atom is 0.171 e. The maximum atomic E-state index is 12.4. The van der Waals surface area contributed by atoms with Crippen molar-refractivity contribution in [2.45, 2.75) is 39.2 Å². The van der Waals surface area contributed by atoms with Gasteiger partial charge in [0, 0.05) is 6.61 Å². The predicted molar refractivity (Wildman–Crippen MR) is 78.7 cm³/mol. The first-order chi connectivity index (χ1) is 9.09. The van der Waals surface area contributed by atoms with Gasteiger partial charge in [-0.05, 0) is 32.4 Å². The van der Waals surface area contributed by atoms with Gasteiger partial charge in [0.05, 0.1) is 16.6 Å². The van der Waals surface area contributed by atoms with Crippen LogP contribution < -0.4 is 0 Å². The summed E-state index contributed by atoms with van der Waals surface area (Å²) in [7, 11) is 0. The van der Waals surface area contributed by atoms with Crippen LogP contribution >= 0.6 is 11.3 Å². The Balaban J connectivity index is 2.18. The van der Waals surface area contributed by atoms with Crippen LogP contribution in [-0.2, 0) is 16.0 Å². The molecular weight excluding hydrogens is 258 g/mol. The van der Waals surface area contributed by atoms with Gasteiger partial charge < -0.3 is 4.74 Å². The van der Waals surface area contributed by atoms with Crippen LogP contribution in [0, 0.1) is 0 Å². The van der Waals surface area contributed by atoms with Gasteiger partial charge in [0.2, 0.25) is 0 Å². The Labute approximate surface area is 117 Å². The van der Waals surface area contributed by atoms with Gasteiger partial charge >= 0.3 is 0 Å². The molecule has 2 rings (SSSR count). The molecular formula is C15H19NO2S. The quantitative estimate of drug-likeness (QED) is 0.809. The lowest BCUT2D eigenvalue weighted by atomic mass is 9.95. The van der Waals surface area contributed by atoms with Gasteiger partial charge in [-0.15, -0.1) is 11.3 Å². The van der Waals surface area contributed by atoms with E-state index < -0.39 is 5.60 Å². The first-order valence-electron chi connectivity index (χ1n) is 6.60. The molecule has 4 heteroatoms. The fourth-order valence-electron chi connectivity index (χ4n) is 2.02. The summed E-state index contributed by atoms with van der Waals surface area (Å²) >= 11 is 1.58. The number of hydrogen-bond donors (Lipinski definition) is 0. The lowest BCUT2D eigenvalue weighted by molar-refractivity contribution is -0.141. The van der Waals surface area contributed by atoms with Gasteiger partial charge in [0.1, 0.15) is 10.6 Å². The lowest BCUT2D eigenvalue weighted by Crippen LogP contribution is -2.39. The molecule has 19 heavy (non-hydrogen) atoms. The number of aromatic nitrogens is 1. The minimum absolute atomic E-state index is 0.107. The van der Waals surface area contributed by atoms with Crippen LogP contribution in [-0.4, -0.2) is 23.0 Å². The number of thiazole rings is 1. The third-order valence-corrected chi connectivity index (χ3v) is 4.41. The van der Waals surface area contributed by atoms with E-state index >= 15 is 0 Å². The highest BCUT2D eigenvalue weighted by atomic mass is 32.1. The van der Waals surface area contributed by atoms with Crippen LogP contribution in [0.25, 0.3) is 10.2 Å². The maximum absolute atomic E-state index is 12.4. The number of carbonyl (C=O) groups is 1. The Morgan fingerprint density at radius 1 is 1.37 bits per heavy atom. The van der Waals surface area contributed by atoms with Crippen molar-refractivity contribution in [3.05, 3.63) is 29.3 Å². The van der Waals surface area contributed by atoms with Crippen molar-refractivity contribution in [3.63, 3.8) is 0 Å². The Kier molecular flexibility index (Phi) is 4.32. The summed E-state index contributed by atoms with van der Waals surface area (Å²) in [6, 6.07) is 7.95. The van der Waals surface area contributed by atoms with Crippen molar-refractivity contribution in [2.75, 3.05) is 6.61 Å². The predicted octanol–water partition coefficient (Wildman–Crippen LogP) is 3.61. The van der Waals surface area contributed by atoms with E-state index in [2.05, 4.69) is 4.98 Å². The van der Waals surface area contributed by atoms with Gasteiger partial charge in [-0.25, -0.2) is 4.98 Å². The number of ketones is 1. The Bertz CT molecular complexity index is 545. The van der Waals surface area contributed by atoms with E-state index in [-0.39, 0.29) is 5.78 Å². The van der Waals surface area contributed by atoms with Crippen LogP contribution in [0.15, 0.2) is 24.3 Å². The fraction of sp³-hybridized carbons (Fsp3) is 0.467. The summed E-state index contributed by atoms with van der Waals surface area (Å²) in [5.41, 5.74) is 0.275. The summed E-state index contributed by atoms with van der Waals surface area (Å²) in [6.45, 7) is 6.31. The van der Waals surface area contributed by atoms with E-state index in [0.717, 1.165) is 15.2 Å². The third kappa shape index (κ3) is 3.01. The highest BCUT2D eigenvalue weighted by Crippen LogP contribution is 2.25. The number of ether oxygens (including phenoxy) is 1. The molecule has 0 amide bonds. The Morgan fingerprint density at radius 2 is 2.11 bits per heavy atom. The second-order valence-corrected chi connectivity index (χ2v) is 5.81. The van der Waals surface area contributed by atoms with Crippen molar-refractivity contribution in [2.24, 2.45) is 0 Å². The molecule has 0 spiro atoms. The second kappa shape index (κ2) is 5.80. The van der Waals surface area contributed by atoms with E-state index in [1.807, 2.05) is 45.0 Å². The van der Waals surface area contributed by atoms with E-state index in [0.29, 0.717) is 19.4 Å². The Hall–Kier alpha value is -1.26. The molecule has 0 aliphatic rings. The molecule has 0 aliphatic heterocycles. The molecule has 0 fully saturated rings. The highest BCUT2D eigenvalue weighted by molar-refractivity contribution is 7.18. The average Bonchev–Trinajstić information content (AvgIpc) is 2.80. The van der Waals surface area contributed by atoms with Crippen LogP contribution in [0.5, 0.6) is 0 Å². The van der Waals surface area contributed by atoms with Gasteiger partial charge in [0.15, 0.2) is 5.78 Å². The van der Waals surface area contributed by atoms with Gasteiger partial charge in [-0.3, -0.25) is 4.79 Å². The van der Waals surface area contributed by atoms with E-state index in [4.69, 9.17) is 4.74 Å². The normalized spacial score (nSPS) is 14.5. The number of benzene rings is 1. The largest absolute Gasteiger partial charge is 0.368 e. The number of carbonyl (C=O) groups excluding carboxylic acids is 1. The topological polar surface area (TPSA) is 39.2 Å². The molecule has 1 aromatic heterocycles. The minimum atomic E-state index is -0.688. The molecule has 1 heterocycles. The molecule has 0 saturated carbocycles. The lowest BCUT2D eigenvalue weighted by Gasteiger charge is -2.26. The van der Waals surface area contributed by atoms with Crippen LogP contribution in [0.1, 0.15) is 32.2 Å². The number of fused-ring (bicyclic) bond motifs is 1. The summed E-state index contributed by atoms with van der Waals surface area (Å²) in [5, 5.41) is 0.866. The molecule has 3 nitrogen and oxygen atoms in total. The minimum Gasteiger partial charge on any atom is -0.368 e. The van der Waals surface area contributed by atoms with Crippen LogP contribution in [0.3, 0.4) is 0 Å². The zero-order valence-corrected chi connectivity index (χ0v) is 12.4. The number of nitrogens with zero attached hydrogens (tertiary/aromatic N) is 1. The number of hydrogen-bond acceptors (Lipinski definition) is 4. The van der Waals surface area contributed by atoms with E-state index in [9.17, 15) is 4.79 Å². The summed E-state index contributed by atoms with van der Waals surface area (Å²) in [4.78, 5) is 16.9. The van der Waals surface area contributed by atoms with Crippen molar-refractivity contribution in [1.82, 2.24) is 4.98 Å². The number of Topliss-reactive ketones (excluding diaryl/α,β-unsaturated/α-hetero) is 1. The fourth-order valence-corrected chi connectivity index (χ4v) is 2.98. The molecule has 1 atom stereocenters. The molecule has 0 aliphatic carbocycles. The van der Waals surface area contributed by atoms with Gasteiger partial charge in [0.25, 0.3) is 0 Å². The SMILES string of the molecule is CCOC(C)(CC)C(=O)Cc1nc2ccccc2s1. The summed E-state index contributed by atoms with van der Waals surface area (Å²) in [6.07, 6.45) is 1.04. The molecule has 0 radical (unpaired) electrons. The summed E-state index contributed by atoms with van der Waals surface area (Å²) in [5.74, 6) is 0.107.